The predicted molar refractivity (Wildman–Crippen MR) is 65.7 cm³/mol. The van der Waals surface area contributed by atoms with E-state index in [2.05, 4.69) is 4.74 Å². The average molecular weight is 320 g/mol. The normalized spacial score (nSPS) is 10.8. The summed E-state index contributed by atoms with van der Waals surface area (Å²) in [6.45, 7) is 1.28. The number of nitro groups is 1. The van der Waals surface area contributed by atoms with Crippen molar-refractivity contribution in [2.45, 2.75) is 17.3 Å². The number of alkyl halides is 3. The quantitative estimate of drug-likeness (QED) is 0.366. The van der Waals surface area contributed by atoms with Crippen molar-refractivity contribution in [2.24, 2.45) is 0 Å². The Morgan fingerprint density at radius 1 is 1.52 bits per heavy atom. The minimum Gasteiger partial charge on any atom is -0.462 e. The third kappa shape index (κ3) is 4.09. The van der Waals surface area contributed by atoms with E-state index in [0.717, 1.165) is 12.1 Å². The fourth-order valence-corrected chi connectivity index (χ4v) is 2.09. The number of hydrogen-bond acceptors (Lipinski definition) is 6. The van der Waals surface area contributed by atoms with E-state index < -0.39 is 49.9 Å². The monoisotopic (exact) mass is 320 g/mol. The summed E-state index contributed by atoms with van der Waals surface area (Å²) in [4.78, 5) is 21.0. The Bertz CT molecular complexity index is 625. The first-order valence-corrected chi connectivity index (χ1v) is 6.17. The van der Waals surface area contributed by atoms with Gasteiger partial charge in [-0.15, -0.1) is 0 Å². The SMILES string of the molecule is CCOC(=O)c1c([N+](=O)[O-])ccc(SC(F)(F)F)c1C#N. The van der Waals surface area contributed by atoms with Crippen LogP contribution in [0.25, 0.3) is 0 Å². The van der Waals surface area contributed by atoms with Crippen molar-refractivity contribution < 1.29 is 27.6 Å². The standard InChI is InChI=1S/C11H7F3N2O4S/c1-2-20-10(17)9-6(5-15)8(21-11(12,13)14)4-3-7(9)16(18)19/h3-4H,2H2,1H3. The van der Waals surface area contributed by atoms with Crippen LogP contribution in [0.2, 0.25) is 0 Å². The van der Waals surface area contributed by atoms with Crippen LogP contribution in [0.15, 0.2) is 17.0 Å². The van der Waals surface area contributed by atoms with Gasteiger partial charge in [-0.3, -0.25) is 10.1 Å². The highest BCUT2D eigenvalue weighted by Gasteiger charge is 2.34. The van der Waals surface area contributed by atoms with Gasteiger partial charge in [0.1, 0.15) is 6.07 Å². The summed E-state index contributed by atoms with van der Waals surface area (Å²) in [5, 5.41) is 19.8. The first-order chi connectivity index (χ1) is 9.71. The van der Waals surface area contributed by atoms with Crippen LogP contribution in [-0.2, 0) is 4.74 Å². The van der Waals surface area contributed by atoms with E-state index in [1.165, 1.54) is 13.0 Å². The maximum Gasteiger partial charge on any atom is 0.446 e. The Morgan fingerprint density at radius 2 is 2.14 bits per heavy atom. The van der Waals surface area contributed by atoms with Gasteiger partial charge in [0.2, 0.25) is 0 Å². The smallest absolute Gasteiger partial charge is 0.446 e. The molecule has 112 valence electrons. The minimum atomic E-state index is -4.70. The molecule has 0 heterocycles. The molecule has 0 bridgehead atoms. The molecule has 0 saturated carbocycles. The first kappa shape index (κ1) is 16.8. The molecule has 6 nitrogen and oxygen atoms in total. The fourth-order valence-electron chi connectivity index (χ4n) is 1.46. The van der Waals surface area contributed by atoms with E-state index in [0.29, 0.717) is 0 Å². The molecule has 0 spiro atoms. The lowest BCUT2D eigenvalue weighted by molar-refractivity contribution is -0.385. The summed E-state index contributed by atoms with van der Waals surface area (Å²) in [7, 11) is 0. The van der Waals surface area contributed by atoms with Crippen LogP contribution in [0, 0.1) is 21.4 Å². The van der Waals surface area contributed by atoms with Crippen molar-refractivity contribution in [3.8, 4) is 6.07 Å². The highest BCUT2D eigenvalue weighted by molar-refractivity contribution is 8.00. The molecule has 0 radical (unpaired) electrons. The van der Waals surface area contributed by atoms with Crippen molar-refractivity contribution in [1.29, 1.82) is 5.26 Å². The lowest BCUT2D eigenvalue weighted by Gasteiger charge is -2.10. The highest BCUT2D eigenvalue weighted by Crippen LogP contribution is 2.41. The largest absolute Gasteiger partial charge is 0.462 e. The van der Waals surface area contributed by atoms with Gasteiger partial charge < -0.3 is 4.74 Å². The molecule has 10 heteroatoms. The summed E-state index contributed by atoms with van der Waals surface area (Å²) < 4.78 is 41.8. The van der Waals surface area contributed by atoms with E-state index in [9.17, 15) is 28.1 Å². The number of hydrogen-bond donors (Lipinski definition) is 0. The van der Waals surface area contributed by atoms with Gasteiger partial charge >= 0.3 is 11.5 Å². The van der Waals surface area contributed by atoms with Crippen LogP contribution in [0.1, 0.15) is 22.8 Å². The minimum absolute atomic E-state index is 0.141. The van der Waals surface area contributed by atoms with Crippen molar-refractivity contribution >= 4 is 23.4 Å². The van der Waals surface area contributed by atoms with Gasteiger partial charge in [0.15, 0.2) is 5.56 Å². The molecule has 21 heavy (non-hydrogen) atoms. The molecule has 0 aliphatic carbocycles. The summed E-state index contributed by atoms with van der Waals surface area (Å²) in [5.41, 5.74) is -6.99. The van der Waals surface area contributed by atoms with E-state index >= 15 is 0 Å². The Labute approximate surface area is 120 Å². The molecule has 0 atom stereocenters. The highest BCUT2D eigenvalue weighted by atomic mass is 32.2. The van der Waals surface area contributed by atoms with E-state index in [1.807, 2.05) is 0 Å². The molecular weight excluding hydrogens is 313 g/mol. The van der Waals surface area contributed by atoms with Crippen molar-refractivity contribution in [3.05, 3.63) is 33.4 Å². The second kappa shape index (κ2) is 6.45. The topological polar surface area (TPSA) is 93.2 Å². The zero-order valence-corrected chi connectivity index (χ0v) is 11.2. The molecule has 1 aromatic rings. The number of rotatable bonds is 4. The number of nitro benzene ring substituents is 1. The molecule has 0 unspecified atom stereocenters. The third-order valence-corrected chi connectivity index (χ3v) is 2.95. The van der Waals surface area contributed by atoms with Crippen molar-refractivity contribution in [1.82, 2.24) is 0 Å². The number of carbonyl (C=O) groups is 1. The summed E-state index contributed by atoms with van der Waals surface area (Å²) in [6.07, 6.45) is 0. The van der Waals surface area contributed by atoms with Crippen LogP contribution in [0.4, 0.5) is 18.9 Å². The molecule has 0 fully saturated rings. The van der Waals surface area contributed by atoms with Crippen molar-refractivity contribution in [2.75, 3.05) is 6.61 Å². The Balaban J connectivity index is 3.54. The molecule has 0 amide bonds. The van der Waals surface area contributed by atoms with E-state index in [-0.39, 0.29) is 6.61 Å². The maximum atomic E-state index is 12.4. The number of nitriles is 1. The van der Waals surface area contributed by atoms with E-state index in [4.69, 9.17) is 5.26 Å². The molecule has 0 aromatic heterocycles. The van der Waals surface area contributed by atoms with Crippen LogP contribution in [0.5, 0.6) is 0 Å². The Hall–Kier alpha value is -2.28. The van der Waals surface area contributed by atoms with Crippen LogP contribution in [-0.4, -0.2) is 23.0 Å². The summed E-state index contributed by atoms with van der Waals surface area (Å²) in [6, 6.07) is 2.91. The molecule has 0 saturated heterocycles. The number of ether oxygens (including phenoxy) is 1. The summed E-state index contributed by atoms with van der Waals surface area (Å²) >= 11 is -0.631. The van der Waals surface area contributed by atoms with E-state index in [1.54, 1.807) is 0 Å². The molecule has 0 aliphatic heterocycles. The van der Waals surface area contributed by atoms with Crippen LogP contribution >= 0.6 is 11.8 Å². The molecule has 1 aromatic carbocycles. The zero-order chi connectivity index (χ0) is 16.2. The van der Waals surface area contributed by atoms with Gasteiger partial charge in [0.25, 0.3) is 5.69 Å². The van der Waals surface area contributed by atoms with Gasteiger partial charge in [-0.1, -0.05) is 0 Å². The second-order valence-corrected chi connectivity index (χ2v) is 4.58. The number of benzene rings is 1. The third-order valence-electron chi connectivity index (χ3n) is 2.16. The maximum absolute atomic E-state index is 12.4. The zero-order valence-electron chi connectivity index (χ0n) is 10.4. The van der Waals surface area contributed by atoms with Gasteiger partial charge in [-0.2, -0.15) is 18.4 Å². The lowest BCUT2D eigenvalue weighted by Crippen LogP contribution is -2.12. The molecule has 1 rings (SSSR count). The number of nitrogens with zero attached hydrogens (tertiary/aromatic N) is 2. The molecule has 0 N–H and O–H groups in total. The molecular formula is C11H7F3N2O4S. The number of esters is 1. The number of thioether (sulfide) groups is 1. The second-order valence-electron chi connectivity index (χ2n) is 3.47. The molecule has 0 aliphatic rings. The first-order valence-electron chi connectivity index (χ1n) is 5.35. The van der Waals surface area contributed by atoms with Gasteiger partial charge in [-0.05, 0) is 24.8 Å². The van der Waals surface area contributed by atoms with Gasteiger partial charge in [0, 0.05) is 11.0 Å². The van der Waals surface area contributed by atoms with Crippen LogP contribution in [0.3, 0.4) is 0 Å². The Kier molecular flexibility index (Phi) is 5.15. The van der Waals surface area contributed by atoms with Gasteiger partial charge in [-0.25, -0.2) is 4.79 Å². The summed E-state index contributed by atoms with van der Waals surface area (Å²) in [5.74, 6) is -1.22. The number of carbonyl (C=O) groups excluding carboxylic acids is 1. The lowest BCUT2D eigenvalue weighted by atomic mass is 10.1. The Morgan fingerprint density at radius 3 is 2.57 bits per heavy atom. The average Bonchev–Trinajstić information content (AvgIpc) is 2.36. The fraction of sp³-hybridized carbons (Fsp3) is 0.273. The van der Waals surface area contributed by atoms with Crippen LogP contribution < -0.4 is 0 Å². The van der Waals surface area contributed by atoms with Gasteiger partial charge in [0.05, 0.1) is 17.1 Å². The predicted octanol–water partition coefficient (Wildman–Crippen LogP) is 3.26. The van der Waals surface area contributed by atoms with Crippen molar-refractivity contribution in [3.63, 3.8) is 0 Å². The number of halogens is 3.